The predicted molar refractivity (Wildman–Crippen MR) is 55.7 cm³/mol. The Labute approximate surface area is 81.0 Å². The van der Waals surface area contributed by atoms with Crippen LogP contribution in [0, 0.1) is 12.3 Å². The van der Waals surface area contributed by atoms with Gasteiger partial charge in [0.1, 0.15) is 5.82 Å². The lowest BCUT2D eigenvalue weighted by molar-refractivity contribution is 0.352. The van der Waals surface area contributed by atoms with Gasteiger partial charge in [0.2, 0.25) is 0 Å². The second-order valence-electron chi connectivity index (χ2n) is 4.83. The molecule has 1 heterocycles. The van der Waals surface area contributed by atoms with Crippen LogP contribution in [0.25, 0.3) is 0 Å². The summed E-state index contributed by atoms with van der Waals surface area (Å²) in [6.45, 7) is 10.0. The van der Waals surface area contributed by atoms with Gasteiger partial charge < -0.3 is 4.57 Å². The molecule has 0 radical (unpaired) electrons. The first-order chi connectivity index (χ1) is 5.99. The molecule has 0 aliphatic heterocycles. The fraction of sp³-hybridized carbons (Fsp3) is 0.727. The molecular weight excluding hydrogens is 160 g/mol. The highest BCUT2D eigenvalue weighted by Gasteiger charge is 2.09. The molecule has 1 rings (SSSR count). The van der Waals surface area contributed by atoms with Crippen molar-refractivity contribution < 1.29 is 0 Å². The van der Waals surface area contributed by atoms with Crippen molar-refractivity contribution in [1.82, 2.24) is 9.55 Å². The molecule has 74 valence electrons. The van der Waals surface area contributed by atoms with E-state index in [1.807, 2.05) is 6.20 Å². The average Bonchev–Trinajstić information content (AvgIpc) is 2.34. The lowest BCUT2D eigenvalue weighted by Crippen LogP contribution is -2.07. The van der Waals surface area contributed by atoms with Crippen LogP contribution in [0.2, 0.25) is 0 Å². The molecule has 0 bridgehead atoms. The Hall–Kier alpha value is -0.790. The third kappa shape index (κ3) is 3.62. The molecule has 0 aliphatic rings. The van der Waals surface area contributed by atoms with Crippen LogP contribution in [0.4, 0.5) is 0 Å². The van der Waals surface area contributed by atoms with Crippen LogP contribution in [0.3, 0.4) is 0 Å². The number of hydrogen-bond acceptors (Lipinski definition) is 1. The van der Waals surface area contributed by atoms with Crippen molar-refractivity contribution in [1.29, 1.82) is 0 Å². The third-order valence-corrected chi connectivity index (χ3v) is 2.25. The van der Waals surface area contributed by atoms with Crippen molar-refractivity contribution in [3.8, 4) is 0 Å². The van der Waals surface area contributed by atoms with Crippen LogP contribution < -0.4 is 0 Å². The molecule has 0 spiro atoms. The average molecular weight is 180 g/mol. The van der Waals surface area contributed by atoms with Gasteiger partial charge >= 0.3 is 0 Å². The minimum absolute atomic E-state index is 0.453. The van der Waals surface area contributed by atoms with Crippen molar-refractivity contribution in [2.45, 2.75) is 47.1 Å². The molecule has 2 heteroatoms. The summed E-state index contributed by atoms with van der Waals surface area (Å²) in [5.74, 6) is 1.12. The van der Waals surface area contributed by atoms with E-state index in [4.69, 9.17) is 0 Å². The number of hydrogen-bond donors (Lipinski definition) is 0. The second kappa shape index (κ2) is 3.95. The predicted octanol–water partition coefficient (Wildman–Crippen LogP) is 3.02. The normalized spacial score (nSPS) is 12.0. The second-order valence-corrected chi connectivity index (χ2v) is 4.83. The van der Waals surface area contributed by atoms with Crippen molar-refractivity contribution in [2.75, 3.05) is 0 Å². The molecule has 2 nitrogen and oxygen atoms in total. The Morgan fingerprint density at radius 2 is 2.08 bits per heavy atom. The highest BCUT2D eigenvalue weighted by Crippen LogP contribution is 2.20. The summed E-state index contributed by atoms with van der Waals surface area (Å²) in [5.41, 5.74) is 0.453. The first kappa shape index (κ1) is 10.3. The van der Waals surface area contributed by atoms with Gasteiger partial charge in [-0.25, -0.2) is 4.98 Å². The number of nitrogens with zero attached hydrogens (tertiary/aromatic N) is 2. The summed E-state index contributed by atoms with van der Waals surface area (Å²) in [6, 6.07) is 0. The quantitative estimate of drug-likeness (QED) is 0.699. The van der Waals surface area contributed by atoms with Gasteiger partial charge in [0.25, 0.3) is 0 Å². The van der Waals surface area contributed by atoms with E-state index in [1.54, 1.807) is 0 Å². The van der Waals surface area contributed by atoms with E-state index in [0.717, 1.165) is 12.4 Å². The molecule has 0 aliphatic carbocycles. The largest absolute Gasteiger partial charge is 0.335 e. The van der Waals surface area contributed by atoms with E-state index < -0.39 is 0 Å². The van der Waals surface area contributed by atoms with E-state index >= 15 is 0 Å². The van der Waals surface area contributed by atoms with Crippen molar-refractivity contribution >= 4 is 0 Å². The Morgan fingerprint density at radius 1 is 1.38 bits per heavy atom. The Balaban J connectivity index is 2.32. The number of aromatic nitrogens is 2. The Morgan fingerprint density at radius 3 is 2.54 bits per heavy atom. The topological polar surface area (TPSA) is 17.8 Å². The maximum absolute atomic E-state index is 4.19. The molecule has 0 atom stereocenters. The molecule has 0 aromatic carbocycles. The Bertz CT molecular complexity index is 255. The Kier molecular flexibility index (Phi) is 3.12. The van der Waals surface area contributed by atoms with Gasteiger partial charge in [-0.15, -0.1) is 0 Å². The van der Waals surface area contributed by atoms with Gasteiger partial charge in [0.05, 0.1) is 0 Å². The van der Waals surface area contributed by atoms with Gasteiger partial charge in [0, 0.05) is 18.9 Å². The number of rotatable bonds is 3. The van der Waals surface area contributed by atoms with Crippen LogP contribution in [0.15, 0.2) is 12.4 Å². The highest BCUT2D eigenvalue weighted by atomic mass is 15.0. The first-order valence-electron chi connectivity index (χ1n) is 4.97. The molecule has 13 heavy (non-hydrogen) atoms. The molecule has 0 saturated heterocycles. The van der Waals surface area contributed by atoms with E-state index in [0.29, 0.717) is 5.41 Å². The molecule has 0 saturated carbocycles. The monoisotopic (exact) mass is 180 g/mol. The molecule has 0 amide bonds. The van der Waals surface area contributed by atoms with Gasteiger partial charge in [-0.2, -0.15) is 0 Å². The molecule has 1 aromatic rings. The zero-order valence-corrected chi connectivity index (χ0v) is 9.17. The minimum Gasteiger partial charge on any atom is -0.335 e. The van der Waals surface area contributed by atoms with Crippen molar-refractivity contribution in [2.24, 2.45) is 5.41 Å². The van der Waals surface area contributed by atoms with Crippen LogP contribution >= 0.6 is 0 Å². The molecular formula is C11H20N2. The summed E-state index contributed by atoms with van der Waals surface area (Å²) in [6.07, 6.45) is 6.43. The van der Waals surface area contributed by atoms with Gasteiger partial charge in [-0.3, -0.25) is 0 Å². The van der Waals surface area contributed by atoms with Crippen LogP contribution in [0.5, 0.6) is 0 Å². The van der Waals surface area contributed by atoms with Gasteiger partial charge in [-0.05, 0) is 25.2 Å². The maximum Gasteiger partial charge on any atom is 0.105 e. The zero-order chi connectivity index (χ0) is 9.90. The van der Waals surface area contributed by atoms with E-state index in [2.05, 4.69) is 43.4 Å². The molecule has 0 fully saturated rings. The summed E-state index contributed by atoms with van der Waals surface area (Å²) in [5, 5.41) is 0. The summed E-state index contributed by atoms with van der Waals surface area (Å²) in [7, 11) is 0. The number of aryl methyl sites for hydroxylation is 2. The lowest BCUT2D eigenvalue weighted by Gasteiger charge is -2.17. The van der Waals surface area contributed by atoms with Gasteiger partial charge in [0.15, 0.2) is 0 Å². The molecule has 0 N–H and O–H groups in total. The van der Waals surface area contributed by atoms with Crippen LogP contribution in [0.1, 0.15) is 39.4 Å². The smallest absolute Gasteiger partial charge is 0.105 e. The minimum atomic E-state index is 0.453. The maximum atomic E-state index is 4.19. The van der Waals surface area contributed by atoms with Crippen LogP contribution in [-0.2, 0) is 6.54 Å². The SMILES string of the molecule is Cc1nccn1CCCC(C)(C)C. The van der Waals surface area contributed by atoms with Crippen molar-refractivity contribution in [3.63, 3.8) is 0 Å². The summed E-state index contributed by atoms with van der Waals surface area (Å²) < 4.78 is 2.21. The van der Waals surface area contributed by atoms with Gasteiger partial charge in [-0.1, -0.05) is 20.8 Å². The fourth-order valence-corrected chi connectivity index (χ4v) is 1.42. The number of imidazole rings is 1. The fourth-order valence-electron chi connectivity index (χ4n) is 1.42. The molecule has 1 aromatic heterocycles. The summed E-state index contributed by atoms with van der Waals surface area (Å²) in [4.78, 5) is 4.19. The summed E-state index contributed by atoms with van der Waals surface area (Å²) >= 11 is 0. The third-order valence-electron chi connectivity index (χ3n) is 2.25. The van der Waals surface area contributed by atoms with E-state index in [1.165, 1.54) is 12.8 Å². The van der Waals surface area contributed by atoms with Crippen molar-refractivity contribution in [3.05, 3.63) is 18.2 Å². The zero-order valence-electron chi connectivity index (χ0n) is 9.17. The van der Waals surface area contributed by atoms with E-state index in [9.17, 15) is 0 Å². The highest BCUT2D eigenvalue weighted by molar-refractivity contribution is 4.88. The lowest BCUT2D eigenvalue weighted by atomic mass is 9.91. The van der Waals surface area contributed by atoms with Crippen LogP contribution in [-0.4, -0.2) is 9.55 Å². The van der Waals surface area contributed by atoms with E-state index in [-0.39, 0.29) is 0 Å². The molecule has 0 unspecified atom stereocenters. The first-order valence-corrected chi connectivity index (χ1v) is 4.97. The standard InChI is InChI=1S/C11H20N2/c1-10-12-7-9-13(10)8-5-6-11(2,3)4/h7,9H,5-6,8H2,1-4H3.